The van der Waals surface area contributed by atoms with Crippen molar-refractivity contribution >= 4 is 5.97 Å². The Kier molecular flexibility index (Phi) is 3.37. The number of carboxylic acids is 1. The van der Waals surface area contributed by atoms with E-state index in [-0.39, 0.29) is 0 Å². The van der Waals surface area contributed by atoms with E-state index < -0.39 is 5.97 Å². The molecule has 0 aliphatic heterocycles. The quantitative estimate of drug-likeness (QED) is 0.901. The molecular weight excluding hydrogens is 230 g/mol. The zero-order valence-electron chi connectivity index (χ0n) is 10.4. The number of hydrogen-bond donors (Lipinski definition) is 1. The lowest BCUT2D eigenvalue weighted by molar-refractivity contribution is 0.0685. The Morgan fingerprint density at radius 2 is 1.89 bits per heavy atom. The molecule has 0 aliphatic rings. The molecule has 4 nitrogen and oxygen atoms in total. The SMILES string of the molecule is CCn1c(C(=O)O)ccc1-c1ccc(OC)cc1. The van der Waals surface area contributed by atoms with Gasteiger partial charge in [-0.1, -0.05) is 0 Å². The van der Waals surface area contributed by atoms with Gasteiger partial charge in [-0.15, -0.1) is 0 Å². The molecule has 0 radical (unpaired) electrons. The number of rotatable bonds is 4. The van der Waals surface area contributed by atoms with Gasteiger partial charge in [0.15, 0.2) is 0 Å². The number of ether oxygens (including phenoxy) is 1. The van der Waals surface area contributed by atoms with Gasteiger partial charge in [0.25, 0.3) is 0 Å². The molecule has 0 bridgehead atoms. The monoisotopic (exact) mass is 245 g/mol. The highest BCUT2D eigenvalue weighted by Crippen LogP contribution is 2.25. The summed E-state index contributed by atoms with van der Waals surface area (Å²) < 4.78 is 6.89. The molecule has 1 N–H and O–H groups in total. The summed E-state index contributed by atoms with van der Waals surface area (Å²) in [5.74, 6) is -0.122. The molecule has 18 heavy (non-hydrogen) atoms. The van der Waals surface area contributed by atoms with Gasteiger partial charge in [-0.2, -0.15) is 0 Å². The van der Waals surface area contributed by atoms with Gasteiger partial charge in [0.05, 0.1) is 7.11 Å². The van der Waals surface area contributed by atoms with Crippen molar-refractivity contribution in [1.29, 1.82) is 0 Å². The highest BCUT2D eigenvalue weighted by molar-refractivity contribution is 5.87. The summed E-state index contributed by atoms with van der Waals surface area (Å²) in [6, 6.07) is 11.0. The van der Waals surface area contributed by atoms with Crippen molar-refractivity contribution in [1.82, 2.24) is 4.57 Å². The van der Waals surface area contributed by atoms with Crippen molar-refractivity contribution in [2.45, 2.75) is 13.5 Å². The van der Waals surface area contributed by atoms with Crippen LogP contribution < -0.4 is 4.74 Å². The molecule has 0 atom stereocenters. The lowest BCUT2D eigenvalue weighted by Crippen LogP contribution is -2.08. The van der Waals surface area contributed by atoms with Crippen molar-refractivity contribution in [2.75, 3.05) is 7.11 Å². The normalized spacial score (nSPS) is 10.3. The molecule has 2 rings (SSSR count). The molecular formula is C14H15NO3. The second-order valence-corrected chi connectivity index (χ2v) is 3.88. The molecule has 0 saturated carbocycles. The lowest BCUT2D eigenvalue weighted by Gasteiger charge is -2.09. The van der Waals surface area contributed by atoms with Gasteiger partial charge >= 0.3 is 5.97 Å². The number of carbonyl (C=O) groups is 1. The zero-order valence-corrected chi connectivity index (χ0v) is 10.4. The van der Waals surface area contributed by atoms with E-state index >= 15 is 0 Å². The number of hydrogen-bond acceptors (Lipinski definition) is 2. The van der Waals surface area contributed by atoms with Crippen LogP contribution in [0.4, 0.5) is 0 Å². The van der Waals surface area contributed by atoms with Crippen LogP contribution in [0.1, 0.15) is 17.4 Å². The first kappa shape index (κ1) is 12.2. The average Bonchev–Trinajstić information content (AvgIpc) is 2.82. The van der Waals surface area contributed by atoms with Crippen LogP contribution in [-0.4, -0.2) is 22.8 Å². The maximum atomic E-state index is 11.1. The van der Waals surface area contributed by atoms with Crippen LogP contribution in [0.25, 0.3) is 11.3 Å². The van der Waals surface area contributed by atoms with Crippen LogP contribution in [0.5, 0.6) is 5.75 Å². The van der Waals surface area contributed by atoms with Crippen LogP contribution in [0, 0.1) is 0 Å². The van der Waals surface area contributed by atoms with Gasteiger partial charge in [-0.05, 0) is 48.9 Å². The fraction of sp³-hybridized carbons (Fsp3) is 0.214. The Bertz CT molecular complexity index is 555. The van der Waals surface area contributed by atoms with E-state index in [0.717, 1.165) is 17.0 Å². The number of aromatic nitrogens is 1. The highest BCUT2D eigenvalue weighted by atomic mass is 16.5. The Morgan fingerprint density at radius 1 is 1.22 bits per heavy atom. The van der Waals surface area contributed by atoms with Crippen molar-refractivity contribution in [3.05, 3.63) is 42.1 Å². The van der Waals surface area contributed by atoms with Crippen molar-refractivity contribution in [3.63, 3.8) is 0 Å². The minimum absolute atomic E-state index is 0.309. The number of carboxylic acid groups (broad SMARTS) is 1. The van der Waals surface area contributed by atoms with Gasteiger partial charge in [0, 0.05) is 12.2 Å². The molecule has 0 aliphatic carbocycles. The van der Waals surface area contributed by atoms with E-state index in [1.807, 2.05) is 37.3 Å². The largest absolute Gasteiger partial charge is 0.497 e. The third kappa shape index (κ3) is 2.09. The summed E-state index contributed by atoms with van der Waals surface area (Å²) in [6.45, 7) is 2.55. The van der Waals surface area contributed by atoms with Crippen LogP contribution >= 0.6 is 0 Å². The minimum Gasteiger partial charge on any atom is -0.497 e. The summed E-state index contributed by atoms with van der Waals surface area (Å²) in [7, 11) is 1.62. The van der Waals surface area contributed by atoms with Crippen LogP contribution in [0.15, 0.2) is 36.4 Å². The van der Waals surface area contributed by atoms with E-state index in [1.54, 1.807) is 17.7 Å². The van der Waals surface area contributed by atoms with E-state index in [9.17, 15) is 4.79 Å². The molecule has 0 amide bonds. The van der Waals surface area contributed by atoms with Crippen LogP contribution in [0.3, 0.4) is 0 Å². The Hall–Kier alpha value is -2.23. The van der Waals surface area contributed by atoms with Gasteiger partial charge in [-0.25, -0.2) is 4.79 Å². The second kappa shape index (κ2) is 4.96. The summed E-state index contributed by atoms with van der Waals surface area (Å²) in [6.07, 6.45) is 0. The van der Waals surface area contributed by atoms with Crippen molar-refractivity contribution < 1.29 is 14.6 Å². The summed E-state index contributed by atoms with van der Waals surface area (Å²) in [5.41, 5.74) is 2.19. The molecule has 0 saturated heterocycles. The number of methoxy groups -OCH3 is 1. The topological polar surface area (TPSA) is 51.5 Å². The van der Waals surface area contributed by atoms with E-state index in [4.69, 9.17) is 9.84 Å². The first-order valence-electron chi connectivity index (χ1n) is 5.74. The predicted molar refractivity (Wildman–Crippen MR) is 69.1 cm³/mol. The summed E-state index contributed by atoms with van der Waals surface area (Å²) in [5, 5.41) is 9.10. The van der Waals surface area contributed by atoms with Gasteiger partial charge in [0.2, 0.25) is 0 Å². The van der Waals surface area contributed by atoms with E-state index in [0.29, 0.717) is 12.2 Å². The maximum Gasteiger partial charge on any atom is 0.352 e. The molecule has 2 aromatic rings. The zero-order chi connectivity index (χ0) is 13.1. The first-order valence-corrected chi connectivity index (χ1v) is 5.74. The number of nitrogens with zero attached hydrogens (tertiary/aromatic N) is 1. The summed E-state index contributed by atoms with van der Waals surface area (Å²) >= 11 is 0. The predicted octanol–water partition coefficient (Wildman–Crippen LogP) is 2.88. The first-order chi connectivity index (χ1) is 8.67. The van der Waals surface area contributed by atoms with Gasteiger partial charge < -0.3 is 14.4 Å². The third-order valence-electron chi connectivity index (χ3n) is 2.90. The number of benzene rings is 1. The number of aromatic carboxylic acids is 1. The smallest absolute Gasteiger partial charge is 0.352 e. The molecule has 4 heteroatoms. The van der Waals surface area contributed by atoms with Gasteiger partial charge in [0.1, 0.15) is 11.4 Å². The Balaban J connectivity index is 2.46. The van der Waals surface area contributed by atoms with Gasteiger partial charge in [-0.3, -0.25) is 0 Å². The summed E-state index contributed by atoms with van der Waals surface area (Å²) in [4.78, 5) is 11.1. The second-order valence-electron chi connectivity index (χ2n) is 3.88. The lowest BCUT2D eigenvalue weighted by atomic mass is 10.1. The minimum atomic E-state index is -0.906. The van der Waals surface area contributed by atoms with Crippen LogP contribution in [0.2, 0.25) is 0 Å². The highest BCUT2D eigenvalue weighted by Gasteiger charge is 2.13. The standard InChI is InChI=1S/C14H15NO3/c1-3-15-12(8-9-13(15)14(16)17)10-4-6-11(18-2)7-5-10/h4-9H,3H2,1-2H3,(H,16,17). The molecule has 1 aromatic carbocycles. The molecule has 0 fully saturated rings. The molecule has 0 unspecified atom stereocenters. The fourth-order valence-electron chi connectivity index (χ4n) is 2.01. The Labute approximate surface area is 105 Å². The van der Waals surface area contributed by atoms with E-state index in [2.05, 4.69) is 0 Å². The Morgan fingerprint density at radius 3 is 2.39 bits per heavy atom. The fourth-order valence-corrected chi connectivity index (χ4v) is 2.01. The van der Waals surface area contributed by atoms with Crippen molar-refractivity contribution in [3.8, 4) is 17.0 Å². The average molecular weight is 245 g/mol. The van der Waals surface area contributed by atoms with Crippen LogP contribution in [-0.2, 0) is 6.54 Å². The maximum absolute atomic E-state index is 11.1. The van der Waals surface area contributed by atoms with Crippen molar-refractivity contribution in [2.24, 2.45) is 0 Å². The van der Waals surface area contributed by atoms with E-state index in [1.165, 1.54) is 0 Å². The molecule has 0 spiro atoms. The molecule has 1 aromatic heterocycles. The third-order valence-corrected chi connectivity index (χ3v) is 2.90. The molecule has 94 valence electrons. The molecule has 1 heterocycles.